The van der Waals surface area contributed by atoms with Crippen LogP contribution in [-0.2, 0) is 5.54 Å². The number of anilines is 1. The topological polar surface area (TPSA) is 32.3 Å². The number of rotatable bonds is 7. The van der Waals surface area contributed by atoms with Crippen molar-refractivity contribution in [2.75, 3.05) is 11.9 Å². The van der Waals surface area contributed by atoms with Crippen LogP contribution in [0.2, 0.25) is 0 Å². The van der Waals surface area contributed by atoms with Gasteiger partial charge in [0.1, 0.15) is 5.82 Å². The SMILES string of the molecule is CCCCCC1(c2ccccc2)c2cc(F)ccc2NC(=O)N1CC(F)F. The fourth-order valence-corrected chi connectivity index (χ4v) is 3.92. The van der Waals surface area contributed by atoms with Crippen LogP contribution in [0.3, 0.4) is 0 Å². The zero-order chi connectivity index (χ0) is 19.4. The summed E-state index contributed by atoms with van der Waals surface area (Å²) in [6.07, 6.45) is 0.321. The van der Waals surface area contributed by atoms with E-state index in [0.717, 1.165) is 19.3 Å². The van der Waals surface area contributed by atoms with E-state index in [1.54, 1.807) is 0 Å². The first-order valence-electron chi connectivity index (χ1n) is 9.21. The molecule has 2 aromatic rings. The molecule has 1 atom stereocenters. The van der Waals surface area contributed by atoms with Gasteiger partial charge in [0.15, 0.2) is 0 Å². The summed E-state index contributed by atoms with van der Waals surface area (Å²) in [4.78, 5) is 14.0. The summed E-state index contributed by atoms with van der Waals surface area (Å²) in [5.74, 6) is -0.460. The smallest absolute Gasteiger partial charge is 0.307 e. The van der Waals surface area contributed by atoms with Gasteiger partial charge in [-0.25, -0.2) is 18.0 Å². The summed E-state index contributed by atoms with van der Waals surface area (Å²) < 4.78 is 40.9. The number of amides is 2. The van der Waals surface area contributed by atoms with E-state index in [-0.39, 0.29) is 0 Å². The second kappa shape index (κ2) is 8.03. The van der Waals surface area contributed by atoms with E-state index in [1.165, 1.54) is 23.1 Å². The average molecular weight is 376 g/mol. The minimum absolute atomic E-state index is 0.446. The Hall–Kier alpha value is -2.50. The summed E-state index contributed by atoms with van der Waals surface area (Å²) >= 11 is 0. The maximum absolute atomic E-state index is 14.1. The second-order valence-electron chi connectivity index (χ2n) is 6.81. The van der Waals surface area contributed by atoms with E-state index in [9.17, 15) is 18.0 Å². The van der Waals surface area contributed by atoms with E-state index < -0.39 is 30.4 Å². The lowest BCUT2D eigenvalue weighted by Gasteiger charge is -2.48. The molecule has 0 spiro atoms. The third kappa shape index (κ3) is 3.66. The molecule has 6 heteroatoms. The number of alkyl halides is 2. The molecule has 1 N–H and O–H groups in total. The van der Waals surface area contributed by atoms with Crippen LogP contribution in [-0.4, -0.2) is 23.9 Å². The van der Waals surface area contributed by atoms with Crippen molar-refractivity contribution in [1.29, 1.82) is 0 Å². The lowest BCUT2D eigenvalue weighted by Crippen LogP contribution is -2.56. The number of unbranched alkanes of at least 4 members (excludes halogenated alkanes) is 2. The van der Waals surface area contributed by atoms with Gasteiger partial charge < -0.3 is 10.2 Å². The first-order chi connectivity index (χ1) is 13.0. The van der Waals surface area contributed by atoms with Crippen LogP contribution >= 0.6 is 0 Å². The fraction of sp³-hybridized carbons (Fsp3) is 0.381. The van der Waals surface area contributed by atoms with Crippen molar-refractivity contribution >= 4 is 11.7 Å². The molecule has 3 rings (SSSR count). The van der Waals surface area contributed by atoms with Gasteiger partial charge in [0.25, 0.3) is 6.43 Å². The van der Waals surface area contributed by atoms with E-state index in [2.05, 4.69) is 5.32 Å². The van der Waals surface area contributed by atoms with Gasteiger partial charge in [-0.2, -0.15) is 0 Å². The number of nitrogens with zero attached hydrogens (tertiary/aromatic N) is 1. The highest BCUT2D eigenvalue weighted by Crippen LogP contribution is 2.47. The molecule has 1 unspecified atom stereocenters. The molecule has 3 nitrogen and oxygen atoms in total. The van der Waals surface area contributed by atoms with Crippen LogP contribution in [0.4, 0.5) is 23.7 Å². The predicted molar refractivity (Wildman–Crippen MR) is 99.5 cm³/mol. The van der Waals surface area contributed by atoms with Gasteiger partial charge in [0.2, 0.25) is 0 Å². The summed E-state index contributed by atoms with van der Waals surface area (Å²) in [6, 6.07) is 12.6. The van der Waals surface area contributed by atoms with Crippen molar-refractivity contribution in [3.8, 4) is 0 Å². The summed E-state index contributed by atoms with van der Waals surface area (Å²) in [7, 11) is 0. The highest BCUT2D eigenvalue weighted by Gasteiger charge is 2.48. The first-order valence-corrected chi connectivity index (χ1v) is 9.21. The molecular weight excluding hydrogens is 353 g/mol. The van der Waals surface area contributed by atoms with Crippen molar-refractivity contribution in [3.63, 3.8) is 0 Å². The number of benzene rings is 2. The molecule has 0 aromatic heterocycles. The number of carbonyl (C=O) groups excluding carboxylic acids is 1. The lowest BCUT2D eigenvalue weighted by molar-refractivity contribution is 0.0545. The van der Waals surface area contributed by atoms with Crippen molar-refractivity contribution < 1.29 is 18.0 Å². The Morgan fingerprint density at radius 2 is 1.85 bits per heavy atom. The third-order valence-corrected chi connectivity index (χ3v) is 5.09. The van der Waals surface area contributed by atoms with Gasteiger partial charge in [0, 0.05) is 11.3 Å². The molecule has 2 aromatic carbocycles. The number of urea groups is 1. The molecule has 0 radical (unpaired) electrons. The normalized spacial score (nSPS) is 19.1. The minimum atomic E-state index is -2.69. The Kier molecular flexibility index (Phi) is 5.73. The maximum atomic E-state index is 14.1. The first kappa shape index (κ1) is 19.3. The zero-order valence-corrected chi connectivity index (χ0v) is 15.2. The molecule has 144 valence electrons. The van der Waals surface area contributed by atoms with Crippen molar-refractivity contribution in [3.05, 3.63) is 65.5 Å². The molecule has 1 heterocycles. The minimum Gasteiger partial charge on any atom is -0.307 e. The van der Waals surface area contributed by atoms with Gasteiger partial charge in [-0.15, -0.1) is 0 Å². The fourth-order valence-electron chi connectivity index (χ4n) is 3.92. The molecule has 1 aliphatic rings. The quantitative estimate of drug-likeness (QED) is 0.612. The van der Waals surface area contributed by atoms with E-state index in [0.29, 0.717) is 23.2 Å². The van der Waals surface area contributed by atoms with Gasteiger partial charge in [-0.05, 0) is 30.2 Å². The van der Waals surface area contributed by atoms with Crippen molar-refractivity contribution in [1.82, 2.24) is 4.90 Å². The number of hydrogen-bond donors (Lipinski definition) is 1. The Morgan fingerprint density at radius 1 is 1.11 bits per heavy atom. The van der Waals surface area contributed by atoms with Crippen molar-refractivity contribution in [2.45, 2.75) is 44.6 Å². The highest BCUT2D eigenvalue weighted by molar-refractivity contribution is 5.94. The lowest BCUT2D eigenvalue weighted by atomic mass is 9.75. The molecule has 0 aliphatic carbocycles. The van der Waals surface area contributed by atoms with Crippen LogP contribution in [0.5, 0.6) is 0 Å². The largest absolute Gasteiger partial charge is 0.323 e. The Morgan fingerprint density at radius 3 is 2.52 bits per heavy atom. The van der Waals surface area contributed by atoms with E-state index in [1.807, 2.05) is 37.3 Å². The van der Waals surface area contributed by atoms with Gasteiger partial charge in [-0.1, -0.05) is 56.5 Å². The van der Waals surface area contributed by atoms with Gasteiger partial charge in [0.05, 0.1) is 12.1 Å². The molecule has 1 aliphatic heterocycles. The van der Waals surface area contributed by atoms with Crippen molar-refractivity contribution in [2.24, 2.45) is 0 Å². The number of nitrogens with one attached hydrogen (secondary N) is 1. The van der Waals surface area contributed by atoms with Crippen LogP contribution in [0.25, 0.3) is 0 Å². The Bertz CT molecular complexity index is 797. The van der Waals surface area contributed by atoms with Crippen LogP contribution in [0, 0.1) is 5.82 Å². The highest BCUT2D eigenvalue weighted by atomic mass is 19.3. The number of halogens is 3. The predicted octanol–water partition coefficient (Wildman–Crippen LogP) is 5.76. The standard InChI is InChI=1S/C21H23F3N2O/c1-2-3-7-12-21(15-8-5-4-6-9-15)17-13-16(22)10-11-18(17)25-20(27)26(21)14-19(23)24/h4-6,8-11,13,19H,2-3,7,12,14H2,1H3,(H,25,27). The Balaban J connectivity index is 2.25. The van der Waals surface area contributed by atoms with Crippen LogP contribution in [0.15, 0.2) is 48.5 Å². The molecule has 2 amide bonds. The molecular formula is C21H23F3N2O. The van der Waals surface area contributed by atoms with E-state index >= 15 is 0 Å². The average Bonchev–Trinajstić information content (AvgIpc) is 2.65. The summed E-state index contributed by atoms with van der Waals surface area (Å²) in [5.41, 5.74) is 0.563. The van der Waals surface area contributed by atoms with Crippen LogP contribution < -0.4 is 5.32 Å². The number of fused-ring (bicyclic) bond motifs is 1. The van der Waals surface area contributed by atoms with E-state index in [4.69, 9.17) is 0 Å². The summed E-state index contributed by atoms with van der Waals surface area (Å²) in [6.45, 7) is 1.33. The number of hydrogen-bond acceptors (Lipinski definition) is 1. The number of carbonyl (C=O) groups is 1. The molecule has 0 bridgehead atoms. The molecule has 0 saturated carbocycles. The Labute approximate surface area is 157 Å². The van der Waals surface area contributed by atoms with Crippen LogP contribution in [0.1, 0.15) is 43.7 Å². The van der Waals surface area contributed by atoms with Gasteiger partial charge >= 0.3 is 6.03 Å². The molecule has 0 saturated heterocycles. The summed E-state index contributed by atoms with van der Waals surface area (Å²) in [5, 5.41) is 2.64. The zero-order valence-electron chi connectivity index (χ0n) is 15.2. The maximum Gasteiger partial charge on any atom is 0.323 e. The van der Waals surface area contributed by atoms with Gasteiger partial charge in [-0.3, -0.25) is 0 Å². The monoisotopic (exact) mass is 376 g/mol. The molecule has 27 heavy (non-hydrogen) atoms. The molecule has 0 fully saturated rings. The second-order valence-corrected chi connectivity index (χ2v) is 6.81. The third-order valence-electron chi connectivity index (χ3n) is 5.09.